The van der Waals surface area contributed by atoms with Crippen LogP contribution in [-0.2, 0) is 0 Å². The van der Waals surface area contributed by atoms with E-state index in [4.69, 9.17) is 0 Å². The number of benzene rings is 12. The molecule has 0 spiro atoms. The number of aryl methyl sites for hydroxylation is 1. The number of halogens is 12. The summed E-state index contributed by atoms with van der Waals surface area (Å²) in [6.07, 6.45) is 0. The molecule has 12 aromatic rings. The Morgan fingerprint density at radius 1 is 0.141 bits per heavy atom. The van der Waals surface area contributed by atoms with Gasteiger partial charge in [-0.2, -0.15) is 0 Å². The third-order valence-electron chi connectivity index (χ3n) is 15.2. The molecule has 0 nitrogen and oxygen atoms in total. The van der Waals surface area contributed by atoms with Crippen molar-refractivity contribution in [2.24, 2.45) is 0 Å². The van der Waals surface area contributed by atoms with Gasteiger partial charge in [0.2, 0.25) is 0 Å². The first-order valence-corrected chi connectivity index (χ1v) is 26.5. The lowest BCUT2D eigenvalue weighted by molar-refractivity contribution is 0.463. The fourth-order valence-corrected chi connectivity index (χ4v) is 10.6. The van der Waals surface area contributed by atoms with Gasteiger partial charge in [-0.15, -0.1) is 0 Å². The highest BCUT2D eigenvalue weighted by Gasteiger charge is 2.30. The van der Waals surface area contributed by atoms with Crippen LogP contribution in [0.1, 0.15) is 5.56 Å². The molecule has 0 heterocycles. The molecule has 0 saturated heterocycles. The van der Waals surface area contributed by atoms with Crippen molar-refractivity contribution in [2.75, 3.05) is 0 Å². The van der Waals surface area contributed by atoms with Crippen molar-refractivity contribution in [3.8, 4) is 122 Å². The first-order valence-electron chi connectivity index (χ1n) is 26.5. The van der Waals surface area contributed by atoms with Gasteiger partial charge < -0.3 is 0 Å². The van der Waals surface area contributed by atoms with Crippen LogP contribution in [0.3, 0.4) is 0 Å². The summed E-state index contributed by atoms with van der Waals surface area (Å²) in [4.78, 5) is 0. The van der Waals surface area contributed by atoms with E-state index in [0.29, 0.717) is 44.5 Å². The number of rotatable bonds is 11. The second-order valence-electron chi connectivity index (χ2n) is 20.3. The molecule has 0 bridgehead atoms. The smallest absolute Gasteiger partial charge is 0.170 e. The molecule has 12 heteroatoms. The monoisotopic (exact) mass is 1140 g/mol. The van der Waals surface area contributed by atoms with Crippen LogP contribution >= 0.6 is 0 Å². The van der Waals surface area contributed by atoms with Crippen molar-refractivity contribution in [3.63, 3.8) is 0 Å². The summed E-state index contributed by atoms with van der Waals surface area (Å²) >= 11 is 0. The summed E-state index contributed by atoms with van der Waals surface area (Å²) in [5, 5.41) is 0. The molecule has 0 fully saturated rings. The van der Waals surface area contributed by atoms with E-state index >= 15 is 52.7 Å². The average Bonchev–Trinajstić information content (AvgIpc) is 2.29. The average molecular weight is 1150 g/mol. The maximum atomic E-state index is 15.9. The Kier molecular flexibility index (Phi) is 14.7. The predicted molar refractivity (Wildman–Crippen MR) is 310 cm³/mol. The van der Waals surface area contributed by atoms with Crippen molar-refractivity contribution in [1.82, 2.24) is 0 Å². The van der Waals surface area contributed by atoms with Gasteiger partial charge in [0.05, 0.1) is 33.4 Å². The summed E-state index contributed by atoms with van der Waals surface area (Å²) < 4.78 is 187. The molecule has 0 aliphatic rings. The standard InChI is InChI=1S/C73H40F12/c1-39-7-9-50(10-8-39)56-62(74)64(76)58(65(77)63(56)75)52-31-21-46(22-32-52)42-11-13-43(14-12-42)48-25-35-54(36-26-48)60-70(82)72(84)61(73(85)71(60)83)55-37-27-49(28-38-55)45-17-15-44(16-18-45)47-23-33-53(34-24-47)59-68(80)66(78)57(67(79)69(59)81)51-29-19-41(20-30-51)40-5-3-2-4-6-40/h2-38H,1H3. The minimum Gasteiger partial charge on any atom is -0.203 e. The molecule has 12 aromatic carbocycles. The molecule has 0 unspecified atom stereocenters. The quantitative estimate of drug-likeness (QED) is 0.0894. The third-order valence-corrected chi connectivity index (χ3v) is 15.2. The van der Waals surface area contributed by atoms with E-state index < -0.39 is 103 Å². The summed E-state index contributed by atoms with van der Waals surface area (Å²) in [6, 6.07) is 58.0. The Bertz CT molecular complexity index is 4420. The lowest BCUT2D eigenvalue weighted by atomic mass is 9.93. The van der Waals surface area contributed by atoms with Crippen molar-refractivity contribution in [3.05, 3.63) is 300 Å². The normalized spacial score (nSPS) is 11.4. The van der Waals surface area contributed by atoms with E-state index in [2.05, 4.69) is 0 Å². The Hall–Kier alpha value is -10.2. The van der Waals surface area contributed by atoms with Crippen LogP contribution in [-0.4, -0.2) is 0 Å². The van der Waals surface area contributed by atoms with Gasteiger partial charge in [0.25, 0.3) is 0 Å². The molecule has 0 N–H and O–H groups in total. The van der Waals surface area contributed by atoms with Crippen molar-refractivity contribution >= 4 is 0 Å². The molecular weight excluding hydrogens is 1100 g/mol. The lowest BCUT2D eigenvalue weighted by Gasteiger charge is -2.14. The van der Waals surface area contributed by atoms with E-state index in [-0.39, 0.29) is 33.4 Å². The van der Waals surface area contributed by atoms with E-state index in [0.717, 1.165) is 16.7 Å². The highest BCUT2D eigenvalue weighted by molar-refractivity contribution is 5.82. The molecule has 0 saturated carbocycles. The van der Waals surface area contributed by atoms with E-state index in [1.807, 2.05) is 30.3 Å². The van der Waals surface area contributed by atoms with Crippen LogP contribution in [0, 0.1) is 76.7 Å². The van der Waals surface area contributed by atoms with Crippen LogP contribution in [0.4, 0.5) is 52.7 Å². The molecular formula is C73H40F12. The first kappa shape index (κ1) is 55.3. The third kappa shape index (κ3) is 10.1. The van der Waals surface area contributed by atoms with Gasteiger partial charge in [0.15, 0.2) is 69.8 Å². The van der Waals surface area contributed by atoms with Crippen LogP contribution in [0.25, 0.3) is 122 Å². The second-order valence-corrected chi connectivity index (χ2v) is 20.3. The highest BCUT2D eigenvalue weighted by atomic mass is 19.2. The lowest BCUT2D eigenvalue weighted by Crippen LogP contribution is -2.03. The fourth-order valence-electron chi connectivity index (χ4n) is 10.6. The topological polar surface area (TPSA) is 0 Å². The van der Waals surface area contributed by atoms with Gasteiger partial charge in [-0.3, -0.25) is 0 Å². The Labute approximate surface area is 479 Å². The SMILES string of the molecule is Cc1ccc(-c2c(F)c(F)c(-c3ccc(-c4ccc(-c5ccc(-c6c(F)c(F)c(-c7ccc(-c8ccc(-c9ccc(-c%10c(F)c(F)c(-c%11ccc(-c%12ccccc%12)cc%11)c(F)c%10F)cc9)cc8)cc7)c(F)c6F)cc5)cc4)cc3)c(F)c2F)cc1. The van der Waals surface area contributed by atoms with Crippen molar-refractivity contribution in [1.29, 1.82) is 0 Å². The maximum absolute atomic E-state index is 15.9. The van der Waals surface area contributed by atoms with E-state index in [1.54, 1.807) is 104 Å². The van der Waals surface area contributed by atoms with Gasteiger partial charge in [-0.05, 0) is 95.9 Å². The molecule has 0 aromatic heterocycles. The summed E-state index contributed by atoms with van der Waals surface area (Å²) in [7, 11) is 0. The molecule has 0 aliphatic carbocycles. The van der Waals surface area contributed by atoms with Crippen molar-refractivity contribution in [2.45, 2.75) is 6.92 Å². The van der Waals surface area contributed by atoms with Crippen LogP contribution in [0.5, 0.6) is 0 Å². The zero-order valence-corrected chi connectivity index (χ0v) is 44.4. The summed E-state index contributed by atoms with van der Waals surface area (Å²) in [6.45, 7) is 1.76. The van der Waals surface area contributed by atoms with Crippen molar-refractivity contribution < 1.29 is 52.7 Å². The van der Waals surface area contributed by atoms with Crippen LogP contribution < -0.4 is 0 Å². The van der Waals surface area contributed by atoms with E-state index in [9.17, 15) is 0 Å². The summed E-state index contributed by atoms with van der Waals surface area (Å²) in [5.41, 5.74) is 1.81. The number of hydrogen-bond acceptors (Lipinski definition) is 0. The molecule has 85 heavy (non-hydrogen) atoms. The maximum Gasteiger partial charge on any atom is 0.170 e. The zero-order valence-electron chi connectivity index (χ0n) is 44.4. The van der Waals surface area contributed by atoms with Crippen LogP contribution in [0.15, 0.2) is 224 Å². The molecule has 0 amide bonds. The molecule has 0 atom stereocenters. The molecule has 0 aliphatic heterocycles. The van der Waals surface area contributed by atoms with Gasteiger partial charge in [0, 0.05) is 0 Å². The van der Waals surface area contributed by atoms with E-state index in [1.165, 1.54) is 97.1 Å². The van der Waals surface area contributed by atoms with Gasteiger partial charge >= 0.3 is 0 Å². The molecule has 12 rings (SSSR count). The second kappa shape index (κ2) is 22.5. The Morgan fingerprint density at radius 3 is 0.412 bits per heavy atom. The Balaban J connectivity index is 0.713. The van der Waals surface area contributed by atoms with Gasteiger partial charge in [-0.25, -0.2) is 52.7 Å². The fraction of sp³-hybridized carbons (Fsp3) is 0.0137. The first-order chi connectivity index (χ1) is 41.1. The predicted octanol–water partition coefficient (Wildman–Crippen LogP) is 22.0. The zero-order chi connectivity index (χ0) is 59.4. The minimum absolute atomic E-state index is 0.0121. The molecule has 0 radical (unpaired) electrons. The van der Waals surface area contributed by atoms with Gasteiger partial charge in [0.1, 0.15) is 0 Å². The van der Waals surface area contributed by atoms with Crippen LogP contribution in [0.2, 0.25) is 0 Å². The number of hydrogen-bond donors (Lipinski definition) is 0. The van der Waals surface area contributed by atoms with Gasteiger partial charge in [-0.1, -0.05) is 230 Å². The largest absolute Gasteiger partial charge is 0.203 e. The Morgan fingerprint density at radius 2 is 0.259 bits per heavy atom. The summed E-state index contributed by atoms with van der Waals surface area (Å²) in [5.74, 6) is -18.6. The minimum atomic E-state index is -1.60. The highest BCUT2D eigenvalue weighted by Crippen LogP contribution is 2.42. The molecule has 416 valence electrons.